The van der Waals surface area contributed by atoms with Crippen molar-refractivity contribution in [3.63, 3.8) is 0 Å². The van der Waals surface area contributed by atoms with Gasteiger partial charge in [0.2, 0.25) is 0 Å². The van der Waals surface area contributed by atoms with E-state index < -0.39 is 0 Å². The van der Waals surface area contributed by atoms with E-state index in [2.05, 4.69) is 23.5 Å². The summed E-state index contributed by atoms with van der Waals surface area (Å²) in [5.41, 5.74) is 0. The molecule has 1 aliphatic carbocycles. The van der Waals surface area contributed by atoms with Crippen molar-refractivity contribution in [3.8, 4) is 0 Å². The molecule has 2 nitrogen and oxygen atoms in total. The summed E-state index contributed by atoms with van der Waals surface area (Å²) in [7, 11) is 0. The van der Waals surface area contributed by atoms with Gasteiger partial charge in [0.05, 0.1) is 12.2 Å². The SMILES string of the molecule is CCC1CCCC1CNC=NCSC. The van der Waals surface area contributed by atoms with Crippen molar-refractivity contribution >= 4 is 18.1 Å². The first-order valence-corrected chi connectivity index (χ1v) is 6.98. The maximum Gasteiger partial charge on any atom is 0.0858 e. The molecule has 1 saturated carbocycles. The number of thioether (sulfide) groups is 1. The van der Waals surface area contributed by atoms with E-state index in [9.17, 15) is 0 Å². The molecule has 0 spiro atoms. The first-order valence-electron chi connectivity index (χ1n) is 5.59. The van der Waals surface area contributed by atoms with E-state index >= 15 is 0 Å². The highest BCUT2D eigenvalue weighted by molar-refractivity contribution is 7.98. The Morgan fingerprint density at radius 2 is 2.21 bits per heavy atom. The normalized spacial score (nSPS) is 27.3. The smallest absolute Gasteiger partial charge is 0.0858 e. The van der Waals surface area contributed by atoms with Gasteiger partial charge in [-0.25, -0.2) is 0 Å². The Hall–Kier alpha value is -0.180. The van der Waals surface area contributed by atoms with Gasteiger partial charge in [-0.3, -0.25) is 4.99 Å². The van der Waals surface area contributed by atoms with Crippen LogP contribution in [0.1, 0.15) is 32.6 Å². The molecule has 82 valence electrons. The predicted octanol–water partition coefficient (Wildman–Crippen LogP) is 2.75. The molecule has 1 fully saturated rings. The van der Waals surface area contributed by atoms with Crippen molar-refractivity contribution in [1.82, 2.24) is 5.32 Å². The molecule has 1 N–H and O–H groups in total. The van der Waals surface area contributed by atoms with E-state index in [-0.39, 0.29) is 0 Å². The minimum absolute atomic E-state index is 0.870. The van der Waals surface area contributed by atoms with Crippen LogP contribution in [0.3, 0.4) is 0 Å². The van der Waals surface area contributed by atoms with Gasteiger partial charge in [0.15, 0.2) is 0 Å². The number of rotatable bonds is 6. The Bertz CT molecular complexity index is 171. The third kappa shape index (κ3) is 3.91. The zero-order valence-electron chi connectivity index (χ0n) is 9.33. The number of aliphatic imine (C=N–C) groups is 1. The molecule has 0 radical (unpaired) electrons. The summed E-state index contributed by atoms with van der Waals surface area (Å²) in [4.78, 5) is 4.23. The first-order chi connectivity index (χ1) is 6.88. The van der Waals surface area contributed by atoms with Crippen molar-refractivity contribution in [3.05, 3.63) is 0 Å². The Balaban J connectivity index is 2.11. The van der Waals surface area contributed by atoms with Gasteiger partial charge >= 0.3 is 0 Å². The fourth-order valence-electron chi connectivity index (χ4n) is 2.30. The minimum atomic E-state index is 0.870. The van der Waals surface area contributed by atoms with Crippen molar-refractivity contribution in [2.45, 2.75) is 32.6 Å². The molecule has 14 heavy (non-hydrogen) atoms. The van der Waals surface area contributed by atoms with Crippen LogP contribution in [0.4, 0.5) is 0 Å². The lowest BCUT2D eigenvalue weighted by Gasteiger charge is -2.17. The Labute approximate surface area is 92.0 Å². The van der Waals surface area contributed by atoms with Crippen molar-refractivity contribution in [1.29, 1.82) is 0 Å². The number of nitrogens with one attached hydrogen (secondary N) is 1. The molecular weight excluding hydrogens is 192 g/mol. The second kappa shape index (κ2) is 7.16. The van der Waals surface area contributed by atoms with Gasteiger partial charge in [0, 0.05) is 6.54 Å². The summed E-state index contributed by atoms with van der Waals surface area (Å²) in [5, 5.41) is 3.32. The standard InChI is InChI=1S/C11H22N2S/c1-3-10-5-4-6-11(10)7-12-8-13-9-14-2/h8,10-11H,3-7,9H2,1-2H3,(H,12,13). The minimum Gasteiger partial charge on any atom is -0.376 e. The van der Waals surface area contributed by atoms with E-state index in [1.807, 2.05) is 6.34 Å². The molecule has 0 bridgehead atoms. The average Bonchev–Trinajstić information content (AvgIpc) is 2.65. The largest absolute Gasteiger partial charge is 0.376 e. The Morgan fingerprint density at radius 3 is 2.93 bits per heavy atom. The van der Waals surface area contributed by atoms with Crippen LogP contribution in [0.5, 0.6) is 0 Å². The van der Waals surface area contributed by atoms with Crippen molar-refractivity contribution < 1.29 is 0 Å². The lowest BCUT2D eigenvalue weighted by molar-refractivity contribution is 0.375. The summed E-state index contributed by atoms with van der Waals surface area (Å²) < 4.78 is 0. The number of hydrogen-bond acceptors (Lipinski definition) is 2. The molecular formula is C11H22N2S. The first kappa shape index (κ1) is 11.9. The molecule has 0 saturated heterocycles. The topological polar surface area (TPSA) is 24.4 Å². The summed E-state index contributed by atoms with van der Waals surface area (Å²) in [5.74, 6) is 2.71. The molecule has 0 aromatic rings. The number of hydrogen-bond donors (Lipinski definition) is 1. The fourth-order valence-corrected chi connectivity index (χ4v) is 2.52. The molecule has 1 rings (SSSR count). The average molecular weight is 214 g/mol. The van der Waals surface area contributed by atoms with Crippen LogP contribution in [0.15, 0.2) is 4.99 Å². The van der Waals surface area contributed by atoms with E-state index in [1.54, 1.807) is 11.8 Å². The molecule has 0 amide bonds. The molecule has 0 aliphatic heterocycles. The lowest BCUT2D eigenvalue weighted by atomic mass is 9.94. The highest BCUT2D eigenvalue weighted by atomic mass is 32.2. The second-order valence-corrected chi connectivity index (χ2v) is 4.83. The van der Waals surface area contributed by atoms with E-state index in [0.29, 0.717) is 0 Å². The van der Waals surface area contributed by atoms with E-state index in [0.717, 1.165) is 24.3 Å². The molecule has 0 aromatic heterocycles. The van der Waals surface area contributed by atoms with E-state index in [1.165, 1.54) is 25.7 Å². The van der Waals surface area contributed by atoms with Crippen LogP contribution in [0, 0.1) is 11.8 Å². The summed E-state index contributed by atoms with van der Waals surface area (Å²) in [6.07, 6.45) is 9.55. The van der Waals surface area contributed by atoms with Gasteiger partial charge in [-0.1, -0.05) is 26.2 Å². The van der Waals surface area contributed by atoms with Gasteiger partial charge in [-0.2, -0.15) is 0 Å². The highest BCUT2D eigenvalue weighted by Crippen LogP contribution is 2.33. The lowest BCUT2D eigenvalue weighted by Crippen LogP contribution is -2.24. The molecule has 0 heterocycles. The zero-order valence-corrected chi connectivity index (χ0v) is 10.1. The Morgan fingerprint density at radius 1 is 1.43 bits per heavy atom. The van der Waals surface area contributed by atoms with Crippen LogP contribution in [0.25, 0.3) is 0 Å². The summed E-state index contributed by atoms with van der Waals surface area (Å²) >= 11 is 1.75. The van der Waals surface area contributed by atoms with Crippen LogP contribution >= 0.6 is 11.8 Å². The maximum atomic E-state index is 4.23. The zero-order chi connectivity index (χ0) is 10.2. The van der Waals surface area contributed by atoms with Gasteiger partial charge in [0.25, 0.3) is 0 Å². The van der Waals surface area contributed by atoms with Gasteiger partial charge < -0.3 is 5.32 Å². The number of nitrogens with zero attached hydrogens (tertiary/aromatic N) is 1. The third-order valence-corrected chi connectivity index (χ3v) is 3.51. The molecule has 2 atom stereocenters. The van der Waals surface area contributed by atoms with Gasteiger partial charge in [-0.05, 0) is 24.5 Å². The Kier molecular flexibility index (Phi) is 6.08. The van der Waals surface area contributed by atoms with Gasteiger partial charge in [0.1, 0.15) is 0 Å². The molecule has 1 aliphatic rings. The van der Waals surface area contributed by atoms with E-state index in [4.69, 9.17) is 0 Å². The molecule has 2 unspecified atom stereocenters. The maximum absolute atomic E-state index is 4.23. The van der Waals surface area contributed by atoms with Crippen molar-refractivity contribution in [2.24, 2.45) is 16.8 Å². The molecule has 3 heteroatoms. The van der Waals surface area contributed by atoms with Crippen LogP contribution in [0.2, 0.25) is 0 Å². The van der Waals surface area contributed by atoms with Crippen molar-refractivity contribution in [2.75, 3.05) is 18.7 Å². The quantitative estimate of drug-likeness (QED) is 0.543. The molecule has 0 aromatic carbocycles. The highest BCUT2D eigenvalue weighted by Gasteiger charge is 2.24. The summed E-state index contributed by atoms with van der Waals surface area (Å²) in [6, 6.07) is 0. The fraction of sp³-hybridized carbons (Fsp3) is 0.909. The second-order valence-electron chi connectivity index (χ2n) is 4.00. The third-order valence-electron chi connectivity index (χ3n) is 3.11. The predicted molar refractivity (Wildman–Crippen MR) is 66.0 cm³/mol. The van der Waals surface area contributed by atoms with Crippen LogP contribution < -0.4 is 5.32 Å². The summed E-state index contributed by atoms with van der Waals surface area (Å²) in [6.45, 7) is 3.43. The monoisotopic (exact) mass is 214 g/mol. The van der Waals surface area contributed by atoms with Crippen LogP contribution in [-0.4, -0.2) is 25.0 Å². The van der Waals surface area contributed by atoms with Crippen LogP contribution in [-0.2, 0) is 0 Å². The van der Waals surface area contributed by atoms with Gasteiger partial charge in [-0.15, -0.1) is 11.8 Å².